The number of likely N-dealkylation sites (tertiary alicyclic amines) is 1. The Morgan fingerprint density at radius 2 is 2.00 bits per heavy atom. The number of ether oxygens (including phenoxy) is 1. The molecule has 1 aliphatic rings. The number of hydrogen-bond acceptors (Lipinski definition) is 5. The van der Waals surface area contributed by atoms with Crippen molar-refractivity contribution in [3.63, 3.8) is 0 Å². The van der Waals surface area contributed by atoms with Crippen LogP contribution in [0.1, 0.15) is 27.7 Å². The second-order valence-electron chi connectivity index (χ2n) is 6.79. The van der Waals surface area contributed by atoms with Gasteiger partial charge in [0, 0.05) is 23.1 Å². The number of carbonyl (C=O) groups is 1. The lowest BCUT2D eigenvalue weighted by molar-refractivity contribution is -0.137. The third-order valence-corrected chi connectivity index (χ3v) is 5.50. The lowest BCUT2D eigenvalue weighted by atomic mass is 9.98. The van der Waals surface area contributed by atoms with E-state index in [-0.39, 0.29) is 29.1 Å². The summed E-state index contributed by atoms with van der Waals surface area (Å²) < 4.78 is 49.8. The van der Waals surface area contributed by atoms with Crippen molar-refractivity contribution in [3.05, 3.63) is 64.0 Å². The molecule has 0 radical (unpaired) electrons. The molecule has 0 unspecified atom stereocenters. The zero-order valence-corrected chi connectivity index (χ0v) is 17.2. The van der Waals surface area contributed by atoms with Gasteiger partial charge in [-0.15, -0.1) is 0 Å². The molecule has 1 aliphatic heterocycles. The van der Waals surface area contributed by atoms with E-state index in [1.165, 1.54) is 19.2 Å². The van der Waals surface area contributed by atoms with Crippen LogP contribution in [-0.2, 0) is 6.18 Å². The first kappa shape index (κ1) is 20.4. The normalized spacial score (nSPS) is 14.5. The molecule has 1 fully saturated rings. The van der Waals surface area contributed by atoms with E-state index >= 15 is 0 Å². The number of hydrogen-bond donors (Lipinski definition) is 0. The first-order valence-corrected chi connectivity index (χ1v) is 9.69. The van der Waals surface area contributed by atoms with Crippen molar-refractivity contribution >= 4 is 21.8 Å². The Bertz CT molecular complexity index is 1090. The van der Waals surface area contributed by atoms with Gasteiger partial charge >= 0.3 is 6.18 Å². The highest BCUT2D eigenvalue weighted by molar-refractivity contribution is 9.10. The lowest BCUT2D eigenvalue weighted by Crippen LogP contribution is -2.48. The van der Waals surface area contributed by atoms with Gasteiger partial charge in [-0.25, -0.2) is 0 Å². The summed E-state index contributed by atoms with van der Waals surface area (Å²) in [7, 11) is 1.52. The molecule has 1 saturated heterocycles. The van der Waals surface area contributed by atoms with Crippen LogP contribution in [0.25, 0.3) is 11.4 Å². The van der Waals surface area contributed by atoms with Crippen LogP contribution in [-0.4, -0.2) is 41.1 Å². The molecule has 0 N–H and O–H groups in total. The number of halogens is 4. The van der Waals surface area contributed by atoms with Crippen molar-refractivity contribution < 1.29 is 27.2 Å². The summed E-state index contributed by atoms with van der Waals surface area (Å²) in [5.74, 6) is 0.592. The molecule has 1 aromatic heterocycles. The summed E-state index contributed by atoms with van der Waals surface area (Å²) >= 11 is 3.37. The van der Waals surface area contributed by atoms with Gasteiger partial charge in [-0.1, -0.05) is 17.3 Å². The molecule has 0 aliphatic carbocycles. The summed E-state index contributed by atoms with van der Waals surface area (Å²) in [5.41, 5.74) is -0.0917. The summed E-state index contributed by atoms with van der Waals surface area (Å²) in [5, 5.41) is 3.80. The fourth-order valence-corrected chi connectivity index (χ4v) is 3.54. The first-order chi connectivity index (χ1) is 14.3. The van der Waals surface area contributed by atoms with E-state index in [0.717, 1.165) is 12.1 Å². The van der Waals surface area contributed by atoms with Crippen LogP contribution >= 0.6 is 15.9 Å². The maximum atomic E-state index is 12.9. The predicted molar refractivity (Wildman–Crippen MR) is 104 cm³/mol. The molecule has 6 nitrogen and oxygen atoms in total. The topological polar surface area (TPSA) is 68.5 Å². The van der Waals surface area contributed by atoms with E-state index in [1.54, 1.807) is 23.1 Å². The maximum absolute atomic E-state index is 12.9. The van der Waals surface area contributed by atoms with Gasteiger partial charge in [0.15, 0.2) is 0 Å². The zero-order valence-electron chi connectivity index (χ0n) is 15.6. The van der Waals surface area contributed by atoms with Gasteiger partial charge in [0.1, 0.15) is 5.75 Å². The first-order valence-electron chi connectivity index (χ1n) is 8.90. The summed E-state index contributed by atoms with van der Waals surface area (Å²) in [6.45, 7) is 0.736. The van der Waals surface area contributed by atoms with Crippen molar-refractivity contribution in [2.75, 3.05) is 20.2 Å². The third kappa shape index (κ3) is 3.91. The van der Waals surface area contributed by atoms with Crippen LogP contribution in [0.5, 0.6) is 5.75 Å². The van der Waals surface area contributed by atoms with Gasteiger partial charge in [-0.05, 0) is 46.3 Å². The fraction of sp³-hybridized carbons (Fsp3) is 0.250. The van der Waals surface area contributed by atoms with Crippen molar-refractivity contribution in [1.82, 2.24) is 15.0 Å². The van der Waals surface area contributed by atoms with Crippen LogP contribution in [0.15, 0.2) is 51.5 Å². The number of nitrogens with zero attached hydrogens (tertiary/aromatic N) is 3. The molecule has 0 spiro atoms. The molecule has 1 amide bonds. The molecule has 3 aromatic rings. The number of benzene rings is 2. The van der Waals surface area contributed by atoms with Gasteiger partial charge in [0.25, 0.3) is 5.91 Å². The molecular weight excluding hydrogens is 467 g/mol. The highest BCUT2D eigenvalue weighted by Crippen LogP contribution is 2.33. The number of carbonyl (C=O) groups excluding carboxylic acids is 1. The van der Waals surface area contributed by atoms with Crippen LogP contribution in [0.3, 0.4) is 0 Å². The van der Waals surface area contributed by atoms with Crippen LogP contribution < -0.4 is 4.74 Å². The smallest absolute Gasteiger partial charge is 0.416 e. The Morgan fingerprint density at radius 3 is 2.70 bits per heavy atom. The highest BCUT2D eigenvalue weighted by atomic mass is 79.9. The fourth-order valence-electron chi connectivity index (χ4n) is 3.12. The van der Waals surface area contributed by atoms with Crippen molar-refractivity contribution in [2.45, 2.75) is 12.1 Å². The van der Waals surface area contributed by atoms with Gasteiger partial charge in [-0.2, -0.15) is 18.2 Å². The molecule has 2 aromatic carbocycles. The Balaban J connectivity index is 1.45. The van der Waals surface area contributed by atoms with Crippen molar-refractivity contribution in [3.8, 4) is 17.1 Å². The lowest BCUT2D eigenvalue weighted by Gasteiger charge is -2.37. The predicted octanol–water partition coefficient (Wildman–Crippen LogP) is 4.77. The van der Waals surface area contributed by atoms with E-state index in [4.69, 9.17) is 9.26 Å². The van der Waals surface area contributed by atoms with E-state index in [0.29, 0.717) is 28.9 Å². The maximum Gasteiger partial charge on any atom is 0.416 e. The van der Waals surface area contributed by atoms with Crippen LogP contribution in [0, 0.1) is 0 Å². The second kappa shape index (κ2) is 7.75. The monoisotopic (exact) mass is 481 g/mol. The highest BCUT2D eigenvalue weighted by Gasteiger charge is 2.37. The molecule has 30 heavy (non-hydrogen) atoms. The molecule has 156 valence electrons. The SMILES string of the molecule is COc1ccc(Br)c(C(=O)N2CC(c3nc(-c4cccc(C(F)(F)F)c4)no3)C2)c1. The minimum absolute atomic E-state index is 0.0800. The Labute approximate surface area is 177 Å². The minimum Gasteiger partial charge on any atom is -0.497 e. The molecule has 2 heterocycles. The molecule has 0 atom stereocenters. The van der Waals surface area contributed by atoms with Gasteiger partial charge < -0.3 is 14.2 Å². The quantitative estimate of drug-likeness (QED) is 0.536. The second-order valence-corrected chi connectivity index (χ2v) is 7.64. The number of amides is 1. The van der Waals surface area contributed by atoms with Crippen molar-refractivity contribution in [2.24, 2.45) is 0 Å². The van der Waals surface area contributed by atoms with Gasteiger partial charge in [-0.3, -0.25) is 4.79 Å². The number of alkyl halides is 3. The standard InChI is InChI=1S/C20H15BrF3N3O3/c1-29-14-5-6-16(21)15(8-14)19(28)27-9-12(10-27)18-25-17(26-30-18)11-3-2-4-13(7-11)20(22,23)24/h2-8,12H,9-10H2,1H3. The summed E-state index contributed by atoms with van der Waals surface area (Å²) in [6.07, 6.45) is -4.45. The molecular formula is C20H15BrF3N3O3. The average molecular weight is 482 g/mol. The third-order valence-electron chi connectivity index (χ3n) is 4.81. The molecule has 4 rings (SSSR count). The summed E-state index contributed by atoms with van der Waals surface area (Å²) in [4.78, 5) is 18.6. The Hall–Kier alpha value is -2.88. The molecule has 0 bridgehead atoms. The number of aromatic nitrogens is 2. The zero-order chi connectivity index (χ0) is 21.5. The summed E-state index contributed by atoms with van der Waals surface area (Å²) in [6, 6.07) is 9.88. The largest absolute Gasteiger partial charge is 0.497 e. The van der Waals surface area contributed by atoms with E-state index in [2.05, 4.69) is 26.1 Å². The van der Waals surface area contributed by atoms with Crippen molar-refractivity contribution in [1.29, 1.82) is 0 Å². The van der Waals surface area contributed by atoms with Gasteiger partial charge in [0.05, 0.1) is 24.2 Å². The number of methoxy groups -OCH3 is 1. The van der Waals surface area contributed by atoms with E-state index in [9.17, 15) is 18.0 Å². The molecule has 0 saturated carbocycles. The van der Waals surface area contributed by atoms with Gasteiger partial charge in [0.2, 0.25) is 11.7 Å². The number of rotatable bonds is 4. The minimum atomic E-state index is -4.45. The average Bonchev–Trinajstić information content (AvgIpc) is 3.16. The van der Waals surface area contributed by atoms with E-state index < -0.39 is 11.7 Å². The van der Waals surface area contributed by atoms with E-state index in [1.807, 2.05) is 0 Å². The molecule has 10 heteroatoms. The Morgan fingerprint density at radius 1 is 1.23 bits per heavy atom. The van der Waals surface area contributed by atoms with Crippen LogP contribution in [0.2, 0.25) is 0 Å². The Kier molecular flexibility index (Phi) is 5.27. The van der Waals surface area contributed by atoms with Crippen LogP contribution in [0.4, 0.5) is 13.2 Å².